The van der Waals surface area contributed by atoms with Crippen molar-refractivity contribution in [1.29, 1.82) is 0 Å². The van der Waals surface area contributed by atoms with Gasteiger partial charge in [-0.3, -0.25) is 0 Å². The Morgan fingerprint density at radius 1 is 1.22 bits per heavy atom. The molecule has 0 radical (unpaired) electrons. The molecule has 0 aliphatic carbocycles. The maximum absolute atomic E-state index is 13.2. The van der Waals surface area contributed by atoms with Crippen molar-refractivity contribution in [3.63, 3.8) is 0 Å². The molecule has 0 N–H and O–H groups in total. The first kappa shape index (κ1) is 11.9. The molecule has 0 bridgehead atoms. The van der Waals surface area contributed by atoms with Crippen LogP contribution in [0.5, 0.6) is 11.5 Å². The van der Waals surface area contributed by atoms with Crippen LogP contribution in [0.3, 0.4) is 0 Å². The van der Waals surface area contributed by atoms with E-state index < -0.39 is 16.6 Å². The summed E-state index contributed by atoms with van der Waals surface area (Å²) in [7, 11) is 0. The highest BCUT2D eigenvalue weighted by Gasteiger charge is 2.10. The van der Waals surface area contributed by atoms with Crippen LogP contribution in [0.15, 0.2) is 36.5 Å². The Morgan fingerprint density at radius 2 is 2.00 bits per heavy atom. The molecule has 0 saturated carbocycles. The summed E-state index contributed by atoms with van der Waals surface area (Å²) < 4.78 is 31.0. The van der Waals surface area contributed by atoms with Gasteiger partial charge in [0.1, 0.15) is 5.82 Å². The predicted molar refractivity (Wildman–Crippen MR) is 57.3 cm³/mol. The lowest BCUT2D eigenvalue weighted by Crippen LogP contribution is -1.93. The number of ether oxygens (including phenoxy) is 1. The van der Waals surface area contributed by atoms with Gasteiger partial charge in [0, 0.05) is 12.1 Å². The highest BCUT2D eigenvalue weighted by atomic mass is 19.1. The summed E-state index contributed by atoms with van der Waals surface area (Å²) >= 11 is 0. The van der Waals surface area contributed by atoms with Gasteiger partial charge < -0.3 is 14.9 Å². The molecular formula is C11H6F2N2O3. The van der Waals surface area contributed by atoms with Crippen LogP contribution in [0.2, 0.25) is 0 Å². The Labute approximate surface area is 99.8 Å². The largest absolute Gasteiger partial charge is 0.450 e. The Balaban J connectivity index is 2.21. The van der Waals surface area contributed by atoms with Crippen LogP contribution < -0.4 is 4.74 Å². The predicted octanol–water partition coefficient (Wildman–Crippen LogP) is 3.06. The average Bonchev–Trinajstić information content (AvgIpc) is 2.33. The van der Waals surface area contributed by atoms with Gasteiger partial charge in [0.25, 0.3) is 0 Å². The van der Waals surface area contributed by atoms with E-state index in [1.807, 2.05) is 0 Å². The van der Waals surface area contributed by atoms with Crippen LogP contribution in [0.4, 0.5) is 14.6 Å². The summed E-state index contributed by atoms with van der Waals surface area (Å²) in [5, 5.41) is 10.4. The van der Waals surface area contributed by atoms with E-state index in [0.29, 0.717) is 6.07 Å². The highest BCUT2D eigenvalue weighted by molar-refractivity contribution is 5.33. The summed E-state index contributed by atoms with van der Waals surface area (Å²) in [4.78, 5) is 13.2. The smallest absolute Gasteiger partial charge is 0.363 e. The van der Waals surface area contributed by atoms with E-state index in [2.05, 4.69) is 4.98 Å². The molecule has 0 spiro atoms. The number of hydrogen-bond donors (Lipinski definition) is 0. The van der Waals surface area contributed by atoms with Gasteiger partial charge in [0.15, 0.2) is 23.5 Å². The second-order valence-electron chi connectivity index (χ2n) is 3.29. The number of hydrogen-bond acceptors (Lipinski definition) is 4. The minimum atomic E-state index is -0.867. The maximum atomic E-state index is 13.2. The number of pyridine rings is 1. The van der Waals surface area contributed by atoms with E-state index in [1.54, 1.807) is 0 Å². The number of halogens is 2. The van der Waals surface area contributed by atoms with Crippen LogP contribution in [-0.2, 0) is 0 Å². The first-order chi connectivity index (χ1) is 8.56. The number of benzene rings is 1. The van der Waals surface area contributed by atoms with Crippen molar-refractivity contribution in [2.75, 3.05) is 0 Å². The molecule has 0 unspecified atom stereocenters. The van der Waals surface area contributed by atoms with Gasteiger partial charge >= 0.3 is 5.82 Å². The van der Waals surface area contributed by atoms with E-state index in [1.165, 1.54) is 6.07 Å². The Kier molecular flexibility index (Phi) is 3.13. The molecule has 2 aromatic rings. The molecule has 1 aromatic carbocycles. The minimum absolute atomic E-state index is 0.117. The van der Waals surface area contributed by atoms with Crippen LogP contribution in [-0.4, -0.2) is 9.91 Å². The summed E-state index contributed by atoms with van der Waals surface area (Å²) in [5.41, 5.74) is 0. The number of aromatic nitrogens is 1. The van der Waals surface area contributed by atoms with Gasteiger partial charge in [-0.25, -0.2) is 8.78 Å². The lowest BCUT2D eigenvalue weighted by atomic mass is 10.3. The van der Waals surface area contributed by atoms with Gasteiger partial charge in [-0.1, -0.05) is 0 Å². The number of rotatable bonds is 3. The molecule has 2 rings (SSSR count). The second-order valence-corrected chi connectivity index (χ2v) is 3.29. The zero-order valence-electron chi connectivity index (χ0n) is 8.84. The van der Waals surface area contributed by atoms with E-state index in [9.17, 15) is 18.9 Å². The molecule has 18 heavy (non-hydrogen) atoms. The molecule has 5 nitrogen and oxygen atoms in total. The third kappa shape index (κ3) is 2.57. The first-order valence-corrected chi connectivity index (χ1v) is 4.79. The number of nitrogens with zero attached hydrogens (tertiary/aromatic N) is 2. The van der Waals surface area contributed by atoms with Gasteiger partial charge in [0.05, 0.1) is 0 Å². The van der Waals surface area contributed by atoms with Crippen LogP contribution in [0.25, 0.3) is 0 Å². The van der Waals surface area contributed by atoms with Gasteiger partial charge in [0.2, 0.25) is 0 Å². The summed E-state index contributed by atoms with van der Waals surface area (Å²) in [6, 6.07) is 5.22. The van der Waals surface area contributed by atoms with Gasteiger partial charge in [-0.05, 0) is 28.1 Å². The van der Waals surface area contributed by atoms with E-state index in [4.69, 9.17) is 4.74 Å². The van der Waals surface area contributed by atoms with Crippen molar-refractivity contribution in [3.05, 3.63) is 58.3 Å². The first-order valence-electron chi connectivity index (χ1n) is 4.79. The highest BCUT2D eigenvalue weighted by Crippen LogP contribution is 2.25. The van der Waals surface area contributed by atoms with Crippen LogP contribution in [0, 0.1) is 21.7 Å². The summed E-state index contributed by atoms with van der Waals surface area (Å²) in [6.45, 7) is 0. The molecule has 7 heteroatoms. The molecule has 92 valence electrons. The molecule has 0 aliphatic heterocycles. The van der Waals surface area contributed by atoms with Gasteiger partial charge in [-0.2, -0.15) is 0 Å². The third-order valence-corrected chi connectivity index (χ3v) is 2.03. The van der Waals surface area contributed by atoms with Crippen LogP contribution in [0.1, 0.15) is 0 Å². The molecule has 0 atom stereocenters. The Morgan fingerprint density at radius 3 is 2.56 bits per heavy atom. The summed E-state index contributed by atoms with van der Waals surface area (Å²) in [5.74, 6) is -2.00. The Bertz CT molecular complexity index is 587. The quantitative estimate of drug-likeness (QED) is 0.622. The van der Waals surface area contributed by atoms with Crippen molar-refractivity contribution in [3.8, 4) is 11.5 Å². The third-order valence-electron chi connectivity index (χ3n) is 2.03. The minimum Gasteiger partial charge on any atom is -0.450 e. The fourth-order valence-corrected chi connectivity index (χ4v) is 1.23. The van der Waals surface area contributed by atoms with Crippen molar-refractivity contribution in [2.24, 2.45) is 0 Å². The van der Waals surface area contributed by atoms with E-state index in [0.717, 1.165) is 24.4 Å². The normalized spacial score (nSPS) is 10.1. The van der Waals surface area contributed by atoms with Gasteiger partial charge in [-0.15, -0.1) is 0 Å². The fraction of sp³-hybridized carbons (Fsp3) is 0. The van der Waals surface area contributed by atoms with Crippen molar-refractivity contribution in [1.82, 2.24) is 4.98 Å². The lowest BCUT2D eigenvalue weighted by molar-refractivity contribution is -0.389. The van der Waals surface area contributed by atoms with Crippen molar-refractivity contribution >= 4 is 5.82 Å². The van der Waals surface area contributed by atoms with E-state index >= 15 is 0 Å². The molecule has 0 amide bonds. The van der Waals surface area contributed by atoms with Crippen molar-refractivity contribution < 1.29 is 18.4 Å². The zero-order chi connectivity index (χ0) is 13.1. The SMILES string of the molecule is O=[N+]([O-])c1ccc(Oc2ccc(F)cc2F)cn1. The summed E-state index contributed by atoms with van der Waals surface area (Å²) in [6.07, 6.45) is 1.08. The van der Waals surface area contributed by atoms with Crippen LogP contribution >= 0.6 is 0 Å². The Hall–Kier alpha value is -2.57. The monoisotopic (exact) mass is 252 g/mol. The average molecular weight is 252 g/mol. The molecule has 1 heterocycles. The van der Waals surface area contributed by atoms with Crippen molar-refractivity contribution in [2.45, 2.75) is 0 Å². The maximum Gasteiger partial charge on any atom is 0.363 e. The molecular weight excluding hydrogens is 246 g/mol. The molecule has 0 aliphatic rings. The number of nitro groups is 1. The molecule has 0 fully saturated rings. The topological polar surface area (TPSA) is 65.3 Å². The molecule has 0 saturated heterocycles. The lowest BCUT2D eigenvalue weighted by Gasteiger charge is -2.04. The second kappa shape index (κ2) is 4.74. The zero-order valence-corrected chi connectivity index (χ0v) is 8.84. The molecule has 1 aromatic heterocycles. The standard InChI is InChI=1S/C11H6F2N2O3/c12-7-1-3-10(9(13)5-7)18-8-2-4-11(14-6-8)15(16)17/h1-6H. The van der Waals surface area contributed by atoms with E-state index in [-0.39, 0.29) is 17.3 Å². The fourth-order valence-electron chi connectivity index (χ4n) is 1.23.